The van der Waals surface area contributed by atoms with Gasteiger partial charge in [0.25, 0.3) is 0 Å². The first kappa shape index (κ1) is 28.0. The minimum atomic E-state index is -0.986. The molecule has 0 unspecified atom stereocenters. The SMILES string of the molecule is C=CC(=O)N1CCN(c2nc(=O)n(-c3c(C)ccnc3CCC)c3nc(-c4ccc(F)cc4F)c(F)cc23)[C@@H](C)C1. The van der Waals surface area contributed by atoms with Gasteiger partial charge < -0.3 is 9.80 Å². The van der Waals surface area contributed by atoms with E-state index < -0.39 is 23.1 Å². The summed E-state index contributed by atoms with van der Waals surface area (Å²) >= 11 is 0. The predicted molar refractivity (Wildman–Crippen MR) is 151 cm³/mol. The molecule has 212 valence electrons. The molecule has 1 saturated heterocycles. The van der Waals surface area contributed by atoms with Crippen LogP contribution >= 0.6 is 0 Å². The number of pyridine rings is 2. The monoisotopic (exact) mass is 562 g/mol. The molecule has 1 aliphatic heterocycles. The molecule has 4 heterocycles. The Labute approximate surface area is 234 Å². The molecule has 0 aliphatic carbocycles. The third-order valence-electron chi connectivity index (χ3n) is 7.29. The number of amides is 1. The number of anilines is 1. The number of aryl methyl sites for hydroxylation is 2. The first-order valence-corrected chi connectivity index (χ1v) is 13.4. The van der Waals surface area contributed by atoms with E-state index in [2.05, 4.69) is 21.5 Å². The molecule has 0 bridgehead atoms. The number of piperazine rings is 1. The number of aromatic nitrogens is 4. The van der Waals surface area contributed by atoms with E-state index in [1.165, 1.54) is 16.7 Å². The Morgan fingerprint density at radius 1 is 1.12 bits per heavy atom. The van der Waals surface area contributed by atoms with Crippen molar-refractivity contribution in [2.24, 2.45) is 0 Å². The van der Waals surface area contributed by atoms with E-state index in [0.717, 1.165) is 24.1 Å². The van der Waals surface area contributed by atoms with Crippen molar-refractivity contribution in [2.45, 2.75) is 39.7 Å². The fourth-order valence-corrected chi connectivity index (χ4v) is 5.33. The summed E-state index contributed by atoms with van der Waals surface area (Å²) in [5.41, 5.74) is 0.622. The van der Waals surface area contributed by atoms with E-state index in [9.17, 15) is 18.4 Å². The van der Waals surface area contributed by atoms with Crippen LogP contribution in [0.5, 0.6) is 0 Å². The molecule has 0 spiro atoms. The molecule has 8 nitrogen and oxygen atoms in total. The van der Waals surface area contributed by atoms with Crippen molar-refractivity contribution in [3.05, 3.63) is 88.4 Å². The van der Waals surface area contributed by atoms with Crippen LogP contribution in [0.3, 0.4) is 0 Å². The van der Waals surface area contributed by atoms with E-state index in [1.807, 2.05) is 25.7 Å². The van der Waals surface area contributed by atoms with Crippen molar-refractivity contribution in [1.29, 1.82) is 0 Å². The van der Waals surface area contributed by atoms with Crippen LogP contribution in [-0.4, -0.2) is 56.0 Å². The zero-order valence-electron chi connectivity index (χ0n) is 23.0. The van der Waals surface area contributed by atoms with Crippen molar-refractivity contribution >= 4 is 22.8 Å². The van der Waals surface area contributed by atoms with Crippen molar-refractivity contribution < 1.29 is 18.0 Å². The Morgan fingerprint density at radius 2 is 1.90 bits per heavy atom. The lowest BCUT2D eigenvalue weighted by Gasteiger charge is -2.40. The maximum absolute atomic E-state index is 15.7. The van der Waals surface area contributed by atoms with Crippen molar-refractivity contribution in [3.63, 3.8) is 0 Å². The number of hydrogen-bond acceptors (Lipinski definition) is 6. The van der Waals surface area contributed by atoms with Gasteiger partial charge in [-0.25, -0.2) is 27.5 Å². The number of carbonyl (C=O) groups is 1. The summed E-state index contributed by atoms with van der Waals surface area (Å²) in [7, 11) is 0. The molecule has 1 aromatic carbocycles. The van der Waals surface area contributed by atoms with Gasteiger partial charge in [0, 0.05) is 43.5 Å². The van der Waals surface area contributed by atoms with Crippen LogP contribution in [0.4, 0.5) is 19.0 Å². The zero-order valence-corrected chi connectivity index (χ0v) is 23.0. The van der Waals surface area contributed by atoms with Crippen LogP contribution in [0.2, 0.25) is 0 Å². The average Bonchev–Trinajstić information content (AvgIpc) is 2.93. The van der Waals surface area contributed by atoms with Gasteiger partial charge in [0.1, 0.15) is 29.0 Å². The molecule has 0 radical (unpaired) electrons. The lowest BCUT2D eigenvalue weighted by Crippen LogP contribution is -2.54. The minimum absolute atomic E-state index is 0.0605. The van der Waals surface area contributed by atoms with Crippen LogP contribution < -0.4 is 10.6 Å². The first-order valence-electron chi connectivity index (χ1n) is 13.4. The maximum Gasteiger partial charge on any atom is 0.355 e. The molecular formula is C30H29F3N6O2. The van der Waals surface area contributed by atoms with Gasteiger partial charge in [0.2, 0.25) is 5.91 Å². The van der Waals surface area contributed by atoms with Crippen LogP contribution in [0.1, 0.15) is 31.5 Å². The van der Waals surface area contributed by atoms with E-state index in [4.69, 9.17) is 0 Å². The van der Waals surface area contributed by atoms with E-state index >= 15 is 4.39 Å². The number of carbonyl (C=O) groups excluding carboxylic acids is 1. The molecule has 0 N–H and O–H groups in total. The second-order valence-corrected chi connectivity index (χ2v) is 10.1. The predicted octanol–water partition coefficient (Wildman–Crippen LogP) is 4.74. The van der Waals surface area contributed by atoms with Gasteiger partial charge in [0.05, 0.1) is 16.8 Å². The fourth-order valence-electron chi connectivity index (χ4n) is 5.33. The molecule has 11 heteroatoms. The normalized spacial score (nSPS) is 15.4. The molecule has 3 aromatic heterocycles. The first-order chi connectivity index (χ1) is 19.6. The van der Waals surface area contributed by atoms with Crippen LogP contribution in [0.25, 0.3) is 28.0 Å². The molecule has 5 rings (SSSR count). The molecule has 0 saturated carbocycles. The molecule has 41 heavy (non-hydrogen) atoms. The van der Waals surface area contributed by atoms with Gasteiger partial charge in [-0.2, -0.15) is 4.98 Å². The van der Waals surface area contributed by atoms with Crippen LogP contribution in [0, 0.1) is 24.4 Å². The van der Waals surface area contributed by atoms with Gasteiger partial charge in [-0.3, -0.25) is 9.78 Å². The summed E-state index contributed by atoms with van der Waals surface area (Å²) in [6, 6.07) is 5.45. The van der Waals surface area contributed by atoms with Gasteiger partial charge >= 0.3 is 5.69 Å². The highest BCUT2D eigenvalue weighted by Gasteiger charge is 2.30. The van der Waals surface area contributed by atoms with E-state index in [1.54, 1.807) is 17.2 Å². The molecule has 1 aliphatic rings. The smallest absolute Gasteiger partial charge is 0.350 e. The summed E-state index contributed by atoms with van der Waals surface area (Å²) in [6.07, 6.45) is 4.21. The number of halogens is 3. The summed E-state index contributed by atoms with van der Waals surface area (Å²) in [5.74, 6) is -2.66. The zero-order chi connectivity index (χ0) is 29.4. The number of nitrogens with zero attached hydrogens (tertiary/aromatic N) is 6. The fraction of sp³-hybridized carbons (Fsp3) is 0.300. The Morgan fingerprint density at radius 3 is 2.59 bits per heavy atom. The largest absolute Gasteiger partial charge is 0.355 e. The molecular weight excluding hydrogens is 533 g/mol. The van der Waals surface area contributed by atoms with Gasteiger partial charge in [0.15, 0.2) is 5.65 Å². The number of benzene rings is 1. The highest BCUT2D eigenvalue weighted by Crippen LogP contribution is 2.33. The second kappa shape index (κ2) is 11.1. The van der Waals surface area contributed by atoms with Crippen molar-refractivity contribution in [1.82, 2.24) is 24.4 Å². The second-order valence-electron chi connectivity index (χ2n) is 10.1. The molecule has 1 fully saturated rings. The van der Waals surface area contributed by atoms with E-state index in [0.29, 0.717) is 43.5 Å². The Kier molecular flexibility index (Phi) is 7.61. The lowest BCUT2D eigenvalue weighted by atomic mass is 10.1. The number of hydrogen-bond donors (Lipinski definition) is 0. The Balaban J connectivity index is 1.80. The standard InChI is InChI=1S/C30H29F3N6O2/c1-5-7-24-27(17(3)10-11-34-24)39-29-21(15-23(33)26(35-29)20-9-8-19(31)14-22(20)32)28(36-30(39)41)38-13-12-37(16-18(38)4)25(40)6-2/h6,8-11,14-15,18H,2,5,7,12-13,16H2,1,3-4H3/t18-/m0/s1. The summed E-state index contributed by atoms with van der Waals surface area (Å²) in [4.78, 5) is 42.9. The molecule has 1 atom stereocenters. The average molecular weight is 563 g/mol. The third kappa shape index (κ3) is 5.07. The topological polar surface area (TPSA) is 84.2 Å². The lowest BCUT2D eigenvalue weighted by molar-refractivity contribution is -0.126. The minimum Gasteiger partial charge on any atom is -0.350 e. The number of fused-ring (bicyclic) bond motifs is 1. The third-order valence-corrected chi connectivity index (χ3v) is 7.29. The van der Waals surface area contributed by atoms with Gasteiger partial charge in [-0.15, -0.1) is 0 Å². The van der Waals surface area contributed by atoms with Crippen LogP contribution in [-0.2, 0) is 11.2 Å². The van der Waals surface area contributed by atoms with Crippen molar-refractivity contribution in [2.75, 3.05) is 24.5 Å². The quantitative estimate of drug-likeness (QED) is 0.316. The summed E-state index contributed by atoms with van der Waals surface area (Å²) < 4.78 is 45.5. The summed E-state index contributed by atoms with van der Waals surface area (Å²) in [6.45, 7) is 10.2. The van der Waals surface area contributed by atoms with E-state index in [-0.39, 0.29) is 40.1 Å². The Bertz CT molecular complexity index is 1740. The van der Waals surface area contributed by atoms with Gasteiger partial charge in [-0.1, -0.05) is 19.9 Å². The maximum atomic E-state index is 15.7. The molecule has 4 aromatic rings. The van der Waals surface area contributed by atoms with Crippen LogP contribution in [0.15, 0.2) is 54.0 Å². The summed E-state index contributed by atoms with van der Waals surface area (Å²) in [5, 5.41) is 0.231. The van der Waals surface area contributed by atoms with Gasteiger partial charge in [-0.05, 0) is 56.2 Å². The molecule has 1 amide bonds. The highest BCUT2D eigenvalue weighted by atomic mass is 19.1. The number of rotatable bonds is 6. The highest BCUT2D eigenvalue weighted by molar-refractivity contribution is 5.91. The van der Waals surface area contributed by atoms with Crippen molar-refractivity contribution in [3.8, 4) is 16.9 Å². The Hall–Kier alpha value is -4.54.